The van der Waals surface area contributed by atoms with Gasteiger partial charge in [-0.05, 0) is 55.2 Å². The number of aliphatic carboxylic acids is 1. The van der Waals surface area contributed by atoms with Crippen molar-refractivity contribution < 1.29 is 14.6 Å². The molecule has 1 N–H and O–H groups in total. The summed E-state index contributed by atoms with van der Waals surface area (Å²) in [5, 5.41) is 10.1. The third-order valence-corrected chi connectivity index (χ3v) is 3.98. The van der Waals surface area contributed by atoms with E-state index in [2.05, 4.69) is 0 Å². The van der Waals surface area contributed by atoms with Crippen LogP contribution < -0.4 is 4.74 Å². The fourth-order valence-electron chi connectivity index (χ4n) is 2.30. The molecule has 1 atom stereocenters. The highest BCUT2D eigenvalue weighted by atomic mass is 35.5. The molecule has 0 saturated carbocycles. The van der Waals surface area contributed by atoms with Gasteiger partial charge in [0.05, 0.1) is 12.5 Å². The van der Waals surface area contributed by atoms with Crippen LogP contribution >= 0.6 is 11.6 Å². The lowest BCUT2D eigenvalue weighted by Gasteiger charge is -2.14. The molecular weight excluding hydrogens is 300 g/mol. The van der Waals surface area contributed by atoms with Gasteiger partial charge in [-0.15, -0.1) is 0 Å². The lowest BCUT2D eigenvalue weighted by molar-refractivity contribution is -0.138. The van der Waals surface area contributed by atoms with E-state index in [1.165, 1.54) is 0 Å². The highest BCUT2D eigenvalue weighted by molar-refractivity contribution is 6.31. The summed E-state index contributed by atoms with van der Waals surface area (Å²) < 4.78 is 5.39. The molecular formula is C18H19ClO3. The summed E-state index contributed by atoms with van der Waals surface area (Å²) >= 11 is 6.11. The maximum Gasteiger partial charge on any atom is 0.311 e. The Morgan fingerprint density at radius 1 is 1.23 bits per heavy atom. The number of carboxylic acid groups (broad SMARTS) is 1. The number of hydrogen-bond donors (Lipinski definition) is 1. The lowest BCUT2D eigenvalue weighted by atomic mass is 9.91. The summed E-state index contributed by atoms with van der Waals surface area (Å²) in [4.78, 5) is 11.6. The Balaban J connectivity index is 2.21. The zero-order chi connectivity index (χ0) is 16.1. The number of carbonyl (C=O) groups is 1. The maximum absolute atomic E-state index is 11.6. The number of carboxylic acids is 1. The van der Waals surface area contributed by atoms with Crippen LogP contribution in [0.5, 0.6) is 5.75 Å². The van der Waals surface area contributed by atoms with E-state index >= 15 is 0 Å². The van der Waals surface area contributed by atoms with Gasteiger partial charge in [-0.25, -0.2) is 0 Å². The van der Waals surface area contributed by atoms with Gasteiger partial charge in [0, 0.05) is 5.02 Å². The topological polar surface area (TPSA) is 46.5 Å². The first kappa shape index (κ1) is 16.4. The van der Waals surface area contributed by atoms with Crippen LogP contribution in [0.1, 0.15) is 29.5 Å². The Morgan fingerprint density at radius 2 is 1.91 bits per heavy atom. The van der Waals surface area contributed by atoms with Gasteiger partial charge >= 0.3 is 5.97 Å². The predicted octanol–water partition coefficient (Wildman–Crippen LogP) is 4.46. The molecule has 22 heavy (non-hydrogen) atoms. The maximum atomic E-state index is 11.6. The molecule has 0 saturated heterocycles. The summed E-state index contributed by atoms with van der Waals surface area (Å²) in [6.07, 6.45) is 0.418. The van der Waals surface area contributed by atoms with E-state index in [4.69, 9.17) is 16.3 Å². The minimum atomic E-state index is -0.853. The fraction of sp³-hybridized carbons (Fsp3) is 0.278. The zero-order valence-electron chi connectivity index (χ0n) is 12.7. The average Bonchev–Trinajstić information content (AvgIpc) is 2.49. The molecule has 2 aromatic carbocycles. The molecule has 2 aromatic rings. The number of aryl methyl sites for hydroxylation is 1. The SMILES string of the molecule is CCOc1ccc(CC(C(=O)O)c2ccc(C)c(Cl)c2)cc1. The van der Waals surface area contributed by atoms with E-state index in [0.717, 1.165) is 22.4 Å². The molecule has 3 nitrogen and oxygen atoms in total. The number of rotatable bonds is 6. The van der Waals surface area contributed by atoms with Gasteiger partial charge in [0.15, 0.2) is 0 Å². The van der Waals surface area contributed by atoms with Crippen molar-refractivity contribution in [2.75, 3.05) is 6.61 Å². The Kier molecular flexibility index (Phi) is 5.45. The van der Waals surface area contributed by atoms with Gasteiger partial charge in [0.2, 0.25) is 0 Å². The normalized spacial score (nSPS) is 12.0. The van der Waals surface area contributed by atoms with Crippen molar-refractivity contribution in [1.29, 1.82) is 0 Å². The van der Waals surface area contributed by atoms with Crippen molar-refractivity contribution in [1.82, 2.24) is 0 Å². The van der Waals surface area contributed by atoms with Crippen molar-refractivity contribution in [2.45, 2.75) is 26.2 Å². The first-order chi connectivity index (χ1) is 10.5. The number of halogens is 1. The molecule has 4 heteroatoms. The molecule has 1 unspecified atom stereocenters. The second kappa shape index (κ2) is 7.32. The Labute approximate surface area is 135 Å². The molecule has 0 bridgehead atoms. The Hall–Kier alpha value is -2.00. The van der Waals surface area contributed by atoms with E-state index in [0.29, 0.717) is 18.1 Å². The number of ether oxygens (including phenoxy) is 1. The highest BCUT2D eigenvalue weighted by Gasteiger charge is 2.21. The standard InChI is InChI=1S/C18H19ClO3/c1-3-22-15-8-5-13(6-9-15)10-16(18(20)21)14-7-4-12(2)17(19)11-14/h4-9,11,16H,3,10H2,1-2H3,(H,20,21). The van der Waals surface area contributed by atoms with Crippen molar-refractivity contribution in [2.24, 2.45) is 0 Å². The minimum Gasteiger partial charge on any atom is -0.494 e. The molecule has 0 heterocycles. The Morgan fingerprint density at radius 3 is 2.45 bits per heavy atom. The summed E-state index contributed by atoms with van der Waals surface area (Å²) in [5.41, 5.74) is 2.61. The van der Waals surface area contributed by atoms with Crippen LogP contribution in [0.25, 0.3) is 0 Å². The summed E-state index contributed by atoms with van der Waals surface area (Å²) in [5.74, 6) is -0.679. The van der Waals surface area contributed by atoms with E-state index < -0.39 is 11.9 Å². The van der Waals surface area contributed by atoms with Gasteiger partial charge in [-0.1, -0.05) is 35.9 Å². The van der Waals surface area contributed by atoms with Crippen LogP contribution in [0.4, 0.5) is 0 Å². The van der Waals surface area contributed by atoms with Crippen molar-refractivity contribution in [3.8, 4) is 5.75 Å². The fourth-order valence-corrected chi connectivity index (χ4v) is 2.49. The van der Waals surface area contributed by atoms with Gasteiger partial charge in [-0.3, -0.25) is 4.79 Å². The van der Waals surface area contributed by atoms with Gasteiger partial charge in [-0.2, -0.15) is 0 Å². The largest absolute Gasteiger partial charge is 0.494 e. The van der Waals surface area contributed by atoms with Gasteiger partial charge < -0.3 is 9.84 Å². The smallest absolute Gasteiger partial charge is 0.311 e. The lowest BCUT2D eigenvalue weighted by Crippen LogP contribution is -2.14. The average molecular weight is 319 g/mol. The molecule has 0 amide bonds. The van der Waals surface area contributed by atoms with Crippen molar-refractivity contribution >= 4 is 17.6 Å². The Bertz CT molecular complexity index is 650. The van der Waals surface area contributed by atoms with Crippen LogP contribution in [-0.2, 0) is 11.2 Å². The summed E-state index contributed by atoms with van der Waals surface area (Å²) in [6, 6.07) is 12.9. The molecule has 0 spiro atoms. The van der Waals surface area contributed by atoms with Gasteiger partial charge in [0.25, 0.3) is 0 Å². The third-order valence-electron chi connectivity index (χ3n) is 3.57. The first-order valence-corrected chi connectivity index (χ1v) is 7.59. The summed E-state index contributed by atoms with van der Waals surface area (Å²) in [6.45, 7) is 4.43. The van der Waals surface area contributed by atoms with E-state index in [1.807, 2.05) is 50.2 Å². The number of hydrogen-bond acceptors (Lipinski definition) is 2. The summed E-state index contributed by atoms with van der Waals surface area (Å²) in [7, 11) is 0. The molecule has 0 fully saturated rings. The van der Waals surface area contributed by atoms with Crippen LogP contribution in [0.15, 0.2) is 42.5 Å². The zero-order valence-corrected chi connectivity index (χ0v) is 13.4. The van der Waals surface area contributed by atoms with E-state index in [-0.39, 0.29) is 0 Å². The monoisotopic (exact) mass is 318 g/mol. The number of benzene rings is 2. The second-order valence-electron chi connectivity index (χ2n) is 5.18. The molecule has 0 aliphatic carbocycles. The van der Waals surface area contributed by atoms with Crippen molar-refractivity contribution in [3.05, 3.63) is 64.2 Å². The minimum absolute atomic E-state index is 0.418. The first-order valence-electron chi connectivity index (χ1n) is 7.22. The molecule has 0 aliphatic rings. The quantitative estimate of drug-likeness (QED) is 0.855. The van der Waals surface area contributed by atoms with Crippen LogP contribution in [0.3, 0.4) is 0 Å². The van der Waals surface area contributed by atoms with Crippen molar-refractivity contribution in [3.63, 3.8) is 0 Å². The van der Waals surface area contributed by atoms with E-state index in [9.17, 15) is 9.90 Å². The van der Waals surface area contributed by atoms with Crippen LogP contribution in [-0.4, -0.2) is 17.7 Å². The second-order valence-corrected chi connectivity index (χ2v) is 5.59. The molecule has 0 radical (unpaired) electrons. The van der Waals surface area contributed by atoms with Gasteiger partial charge in [0.1, 0.15) is 5.75 Å². The van der Waals surface area contributed by atoms with Crippen LogP contribution in [0, 0.1) is 6.92 Å². The molecule has 116 valence electrons. The molecule has 0 aromatic heterocycles. The van der Waals surface area contributed by atoms with Crippen LogP contribution in [0.2, 0.25) is 5.02 Å². The predicted molar refractivity (Wildman–Crippen MR) is 87.9 cm³/mol. The third kappa shape index (κ3) is 4.01. The van der Waals surface area contributed by atoms with E-state index in [1.54, 1.807) is 6.07 Å². The highest BCUT2D eigenvalue weighted by Crippen LogP contribution is 2.26. The molecule has 0 aliphatic heterocycles. The molecule has 2 rings (SSSR count).